The van der Waals surface area contributed by atoms with Crippen LogP contribution in [-0.4, -0.2) is 30.6 Å². The van der Waals surface area contributed by atoms with E-state index >= 15 is 0 Å². The minimum absolute atomic E-state index is 0.193. The summed E-state index contributed by atoms with van der Waals surface area (Å²) < 4.78 is 4.75. The maximum atomic E-state index is 11.5. The zero-order valence-electron chi connectivity index (χ0n) is 11.4. The smallest absolute Gasteiger partial charge is 0.322 e. The molecule has 0 bridgehead atoms. The number of H-pyrrole nitrogens is 1. The van der Waals surface area contributed by atoms with Gasteiger partial charge in [0.15, 0.2) is 0 Å². The highest BCUT2D eigenvalue weighted by Crippen LogP contribution is 2.17. The van der Waals surface area contributed by atoms with Crippen LogP contribution in [0.3, 0.4) is 0 Å². The lowest BCUT2D eigenvalue weighted by Gasteiger charge is -2.13. The van der Waals surface area contributed by atoms with Gasteiger partial charge < -0.3 is 15.0 Å². The predicted molar refractivity (Wildman–Crippen MR) is 76.1 cm³/mol. The van der Waals surface area contributed by atoms with Crippen molar-refractivity contribution in [3.63, 3.8) is 0 Å². The molecule has 0 saturated heterocycles. The molecule has 1 unspecified atom stereocenters. The van der Waals surface area contributed by atoms with Crippen LogP contribution >= 0.6 is 0 Å². The van der Waals surface area contributed by atoms with Gasteiger partial charge in [-0.2, -0.15) is 0 Å². The molecule has 0 amide bonds. The highest BCUT2D eigenvalue weighted by atomic mass is 16.5. The van der Waals surface area contributed by atoms with Crippen LogP contribution in [0.1, 0.15) is 18.9 Å². The number of benzene rings is 1. The molecule has 0 spiro atoms. The molecule has 102 valence electrons. The van der Waals surface area contributed by atoms with Crippen molar-refractivity contribution in [2.45, 2.75) is 25.8 Å². The number of nitrogens with one attached hydrogen (secondary N) is 2. The van der Waals surface area contributed by atoms with Crippen molar-refractivity contribution in [3.05, 3.63) is 36.0 Å². The Balaban J connectivity index is 1.94. The van der Waals surface area contributed by atoms with Crippen molar-refractivity contribution in [1.82, 2.24) is 10.3 Å². The predicted octanol–water partition coefficient (Wildman–Crippen LogP) is 2.25. The van der Waals surface area contributed by atoms with Crippen LogP contribution in [0.4, 0.5) is 0 Å². The van der Waals surface area contributed by atoms with Crippen LogP contribution in [-0.2, 0) is 16.0 Å². The topological polar surface area (TPSA) is 54.1 Å². The number of aromatic amines is 1. The normalized spacial score (nSPS) is 12.5. The summed E-state index contributed by atoms with van der Waals surface area (Å²) in [7, 11) is 1.42. The monoisotopic (exact) mass is 260 g/mol. The highest BCUT2D eigenvalue weighted by Gasteiger charge is 2.15. The molecule has 0 radical (unpaired) electrons. The average Bonchev–Trinajstić information content (AvgIpc) is 2.86. The van der Waals surface area contributed by atoms with Crippen molar-refractivity contribution in [2.75, 3.05) is 13.7 Å². The summed E-state index contributed by atoms with van der Waals surface area (Å²) in [6.07, 6.45) is 3.66. The standard InChI is InChI=1S/C15H20N2O2/c1-3-13(15(18)19-2)16-9-8-11-10-17-14-7-5-4-6-12(11)14/h4-7,10,13,16-17H,3,8-9H2,1-2H3. The molecule has 0 aliphatic rings. The fourth-order valence-corrected chi connectivity index (χ4v) is 2.26. The molecule has 1 aromatic carbocycles. The summed E-state index contributed by atoms with van der Waals surface area (Å²) in [5, 5.41) is 4.48. The van der Waals surface area contributed by atoms with Crippen LogP contribution in [0, 0.1) is 0 Å². The molecule has 1 aromatic heterocycles. The maximum absolute atomic E-state index is 11.5. The third-order valence-electron chi connectivity index (χ3n) is 3.35. The van der Waals surface area contributed by atoms with E-state index in [4.69, 9.17) is 4.74 Å². The third-order valence-corrected chi connectivity index (χ3v) is 3.35. The number of rotatable bonds is 6. The summed E-state index contributed by atoms with van der Waals surface area (Å²) in [6.45, 7) is 2.73. The van der Waals surface area contributed by atoms with Gasteiger partial charge in [-0.05, 0) is 24.5 Å². The Morgan fingerprint density at radius 3 is 2.95 bits per heavy atom. The van der Waals surface area contributed by atoms with Crippen LogP contribution in [0.5, 0.6) is 0 Å². The summed E-state index contributed by atoms with van der Waals surface area (Å²) >= 11 is 0. The molecule has 2 aromatic rings. The largest absolute Gasteiger partial charge is 0.468 e. The van der Waals surface area contributed by atoms with E-state index in [9.17, 15) is 4.79 Å². The van der Waals surface area contributed by atoms with Gasteiger partial charge >= 0.3 is 5.97 Å². The summed E-state index contributed by atoms with van der Waals surface area (Å²) in [4.78, 5) is 14.7. The second-order valence-electron chi connectivity index (χ2n) is 4.55. The molecule has 0 aliphatic heterocycles. The van der Waals surface area contributed by atoms with Crippen LogP contribution in [0.25, 0.3) is 10.9 Å². The molecule has 0 aliphatic carbocycles. The summed E-state index contributed by atoms with van der Waals surface area (Å²) in [5.41, 5.74) is 2.42. The Morgan fingerprint density at radius 1 is 1.42 bits per heavy atom. The first kappa shape index (κ1) is 13.6. The van der Waals surface area contributed by atoms with Crippen LogP contribution in [0.2, 0.25) is 0 Å². The van der Waals surface area contributed by atoms with Gasteiger partial charge in [0, 0.05) is 23.6 Å². The Bertz CT molecular complexity index is 548. The van der Waals surface area contributed by atoms with E-state index < -0.39 is 0 Å². The molecule has 4 heteroatoms. The van der Waals surface area contributed by atoms with Gasteiger partial charge in [0.05, 0.1) is 7.11 Å². The Kier molecular flexibility index (Phi) is 4.58. The number of methoxy groups -OCH3 is 1. The first-order valence-corrected chi connectivity index (χ1v) is 6.62. The number of carbonyl (C=O) groups is 1. The Labute approximate surface area is 113 Å². The van der Waals surface area contributed by atoms with E-state index in [0.717, 1.165) is 24.9 Å². The van der Waals surface area contributed by atoms with E-state index in [0.29, 0.717) is 0 Å². The molecular formula is C15H20N2O2. The lowest BCUT2D eigenvalue weighted by molar-refractivity contribution is -0.143. The average molecular weight is 260 g/mol. The summed E-state index contributed by atoms with van der Waals surface area (Å²) in [6, 6.07) is 8.02. The number of esters is 1. The van der Waals surface area contributed by atoms with Crippen LogP contribution < -0.4 is 5.32 Å². The number of para-hydroxylation sites is 1. The maximum Gasteiger partial charge on any atom is 0.322 e. The molecule has 2 N–H and O–H groups in total. The molecule has 1 heterocycles. The van der Waals surface area contributed by atoms with Gasteiger partial charge in [0.25, 0.3) is 0 Å². The Morgan fingerprint density at radius 2 is 2.21 bits per heavy atom. The SMILES string of the molecule is CCC(NCCc1c[nH]c2ccccc12)C(=O)OC. The molecule has 1 atom stereocenters. The fourth-order valence-electron chi connectivity index (χ4n) is 2.26. The minimum Gasteiger partial charge on any atom is -0.468 e. The van der Waals surface area contributed by atoms with Crippen molar-refractivity contribution < 1.29 is 9.53 Å². The Hall–Kier alpha value is -1.81. The van der Waals surface area contributed by atoms with Gasteiger partial charge in [0.1, 0.15) is 6.04 Å². The van der Waals surface area contributed by atoms with Crippen LogP contribution in [0.15, 0.2) is 30.5 Å². The van der Waals surface area contributed by atoms with Gasteiger partial charge in [-0.25, -0.2) is 0 Å². The molecule has 2 rings (SSSR count). The third kappa shape index (κ3) is 3.15. The van der Waals surface area contributed by atoms with Gasteiger partial charge in [-0.1, -0.05) is 25.1 Å². The number of fused-ring (bicyclic) bond motifs is 1. The zero-order valence-corrected chi connectivity index (χ0v) is 11.4. The van der Waals surface area contributed by atoms with Gasteiger partial charge in [0.2, 0.25) is 0 Å². The molecule has 4 nitrogen and oxygen atoms in total. The molecule has 19 heavy (non-hydrogen) atoms. The van der Waals surface area contributed by atoms with Crippen molar-refractivity contribution in [1.29, 1.82) is 0 Å². The number of aromatic nitrogens is 1. The second-order valence-corrected chi connectivity index (χ2v) is 4.55. The first-order chi connectivity index (χ1) is 9.26. The molecule has 0 fully saturated rings. The minimum atomic E-state index is -0.213. The highest BCUT2D eigenvalue weighted by molar-refractivity contribution is 5.83. The van der Waals surface area contributed by atoms with Gasteiger partial charge in [-0.3, -0.25) is 4.79 Å². The van der Waals surface area contributed by atoms with E-state index in [1.165, 1.54) is 18.1 Å². The quantitative estimate of drug-likeness (QED) is 0.783. The fraction of sp³-hybridized carbons (Fsp3) is 0.400. The lowest BCUT2D eigenvalue weighted by atomic mass is 10.1. The van der Waals surface area contributed by atoms with E-state index in [-0.39, 0.29) is 12.0 Å². The number of hydrogen-bond acceptors (Lipinski definition) is 3. The van der Waals surface area contributed by atoms with Crippen molar-refractivity contribution >= 4 is 16.9 Å². The zero-order chi connectivity index (χ0) is 13.7. The van der Waals surface area contributed by atoms with Crippen molar-refractivity contribution in [2.24, 2.45) is 0 Å². The number of carbonyl (C=O) groups excluding carboxylic acids is 1. The lowest BCUT2D eigenvalue weighted by Crippen LogP contribution is -2.38. The summed E-state index contributed by atoms with van der Waals surface area (Å²) in [5.74, 6) is -0.193. The van der Waals surface area contributed by atoms with E-state index in [1.54, 1.807) is 0 Å². The number of ether oxygens (including phenoxy) is 1. The first-order valence-electron chi connectivity index (χ1n) is 6.62. The second kappa shape index (κ2) is 6.38. The van der Waals surface area contributed by atoms with Crippen molar-refractivity contribution in [3.8, 4) is 0 Å². The van der Waals surface area contributed by atoms with E-state index in [2.05, 4.69) is 22.4 Å². The van der Waals surface area contributed by atoms with E-state index in [1.807, 2.05) is 25.3 Å². The van der Waals surface area contributed by atoms with Gasteiger partial charge in [-0.15, -0.1) is 0 Å². The molecule has 0 saturated carbocycles. The molecular weight excluding hydrogens is 240 g/mol. The number of hydrogen-bond donors (Lipinski definition) is 2.